The summed E-state index contributed by atoms with van der Waals surface area (Å²) in [6.07, 6.45) is 1.08. The Morgan fingerprint density at radius 1 is 0.745 bits per heavy atom. The Kier molecular flexibility index (Phi) is 11.9. The Balaban J connectivity index is 1.45. The first-order chi connectivity index (χ1) is 23.0. The summed E-state index contributed by atoms with van der Waals surface area (Å²) in [5, 5.41) is 0. The van der Waals surface area contributed by atoms with Gasteiger partial charge in [0.05, 0.1) is 45.4 Å². The molecular weight excluding hydrogens is 590 g/mol. The summed E-state index contributed by atoms with van der Waals surface area (Å²) in [4.78, 5) is 18.2. The Morgan fingerprint density at radius 2 is 1.38 bits per heavy atom. The lowest BCUT2D eigenvalue weighted by Crippen LogP contribution is -2.12. The van der Waals surface area contributed by atoms with Gasteiger partial charge in [0.2, 0.25) is 0 Å². The van der Waals surface area contributed by atoms with Crippen molar-refractivity contribution in [2.75, 3.05) is 47.2 Å². The topological polar surface area (TPSA) is 97.8 Å². The first-order valence-electron chi connectivity index (χ1n) is 15.9. The molecular formula is C39H43N3O5. The van der Waals surface area contributed by atoms with Gasteiger partial charge < -0.3 is 29.2 Å². The Labute approximate surface area is 277 Å². The summed E-state index contributed by atoms with van der Waals surface area (Å²) in [6, 6.07) is 32.4. The average molecular weight is 634 g/mol. The number of ketones is 1. The van der Waals surface area contributed by atoms with E-state index in [4.69, 9.17) is 29.7 Å². The standard InChI is InChI=1S/C39H43N3O5/c1-28-6-4-7-33(26-28)39-41-37(31-13-17-34(44-2)18-14-31)38(32-15-19-35(45-3)20-16-32)42(39)27-29-9-11-30(12-10-29)36(43)8-5-22-46-24-25-47-23-21-40/h4,6-7,9-20,26H,5,8,21-25,27,40H2,1-3H3. The van der Waals surface area contributed by atoms with E-state index in [1.54, 1.807) is 14.2 Å². The van der Waals surface area contributed by atoms with Crippen LogP contribution < -0.4 is 15.2 Å². The molecule has 244 valence electrons. The van der Waals surface area contributed by atoms with E-state index < -0.39 is 0 Å². The third-order valence-corrected chi connectivity index (χ3v) is 7.91. The van der Waals surface area contributed by atoms with Crippen LogP contribution in [0.5, 0.6) is 11.5 Å². The van der Waals surface area contributed by atoms with Crippen LogP contribution in [-0.2, 0) is 16.0 Å². The molecule has 5 rings (SSSR count). The molecule has 0 aliphatic rings. The highest BCUT2D eigenvalue weighted by molar-refractivity contribution is 5.96. The number of aryl methyl sites for hydroxylation is 1. The monoisotopic (exact) mass is 633 g/mol. The minimum atomic E-state index is 0.100. The number of rotatable bonds is 17. The number of aromatic nitrogens is 2. The average Bonchev–Trinajstić information content (AvgIpc) is 3.48. The number of ether oxygens (including phenoxy) is 4. The van der Waals surface area contributed by atoms with Gasteiger partial charge in [-0.05, 0) is 73.5 Å². The highest BCUT2D eigenvalue weighted by atomic mass is 16.5. The van der Waals surface area contributed by atoms with E-state index in [1.165, 1.54) is 0 Å². The largest absolute Gasteiger partial charge is 0.497 e. The van der Waals surface area contributed by atoms with Gasteiger partial charge in [0.15, 0.2) is 5.78 Å². The molecule has 0 bridgehead atoms. The molecule has 0 fully saturated rings. The van der Waals surface area contributed by atoms with Gasteiger partial charge in [-0.3, -0.25) is 4.79 Å². The molecule has 0 saturated heterocycles. The molecule has 47 heavy (non-hydrogen) atoms. The van der Waals surface area contributed by atoms with Crippen LogP contribution in [0, 0.1) is 6.92 Å². The maximum Gasteiger partial charge on any atom is 0.162 e. The predicted molar refractivity (Wildman–Crippen MR) is 186 cm³/mol. The fraction of sp³-hybridized carbons (Fsp3) is 0.282. The van der Waals surface area contributed by atoms with Gasteiger partial charge >= 0.3 is 0 Å². The number of nitrogens with two attached hydrogens (primary N) is 1. The molecule has 0 atom stereocenters. The molecule has 1 aromatic heterocycles. The van der Waals surface area contributed by atoms with Crippen LogP contribution in [0.15, 0.2) is 97.1 Å². The highest BCUT2D eigenvalue weighted by Gasteiger charge is 2.22. The minimum Gasteiger partial charge on any atom is -0.497 e. The lowest BCUT2D eigenvalue weighted by Gasteiger charge is -2.15. The maximum absolute atomic E-state index is 12.9. The molecule has 4 aromatic carbocycles. The zero-order valence-electron chi connectivity index (χ0n) is 27.4. The third-order valence-electron chi connectivity index (χ3n) is 7.91. The second kappa shape index (κ2) is 16.7. The molecule has 8 heteroatoms. The molecule has 1 heterocycles. The van der Waals surface area contributed by atoms with Crippen LogP contribution >= 0.6 is 0 Å². The number of methoxy groups -OCH3 is 2. The van der Waals surface area contributed by atoms with Crippen molar-refractivity contribution in [3.63, 3.8) is 0 Å². The molecule has 0 aliphatic carbocycles. The van der Waals surface area contributed by atoms with E-state index in [9.17, 15) is 4.79 Å². The number of nitrogens with zero attached hydrogens (tertiary/aromatic N) is 2. The number of hydrogen-bond donors (Lipinski definition) is 1. The summed E-state index contributed by atoms with van der Waals surface area (Å²) in [5.41, 5.74) is 13.2. The molecule has 0 spiro atoms. The summed E-state index contributed by atoms with van der Waals surface area (Å²) in [7, 11) is 3.33. The first kappa shape index (κ1) is 33.6. The van der Waals surface area contributed by atoms with Gasteiger partial charge in [-0.25, -0.2) is 4.98 Å². The Morgan fingerprint density at radius 3 is 2.00 bits per heavy atom. The van der Waals surface area contributed by atoms with Gasteiger partial charge in [-0.2, -0.15) is 0 Å². The number of carbonyl (C=O) groups excluding carboxylic acids is 1. The van der Waals surface area contributed by atoms with Gasteiger partial charge in [-0.15, -0.1) is 0 Å². The van der Waals surface area contributed by atoms with Crippen molar-refractivity contribution < 1.29 is 23.7 Å². The predicted octanol–water partition coefficient (Wildman–Crippen LogP) is 7.21. The van der Waals surface area contributed by atoms with Crippen molar-refractivity contribution in [3.8, 4) is 45.4 Å². The molecule has 8 nitrogen and oxygen atoms in total. The number of imidazole rings is 1. The van der Waals surface area contributed by atoms with E-state index in [0.717, 1.165) is 56.5 Å². The fourth-order valence-electron chi connectivity index (χ4n) is 5.47. The fourth-order valence-corrected chi connectivity index (χ4v) is 5.47. The molecule has 5 aromatic rings. The number of hydrogen-bond acceptors (Lipinski definition) is 7. The second-order valence-electron chi connectivity index (χ2n) is 11.3. The Bertz CT molecular complexity index is 1730. The van der Waals surface area contributed by atoms with Crippen molar-refractivity contribution >= 4 is 5.78 Å². The lowest BCUT2D eigenvalue weighted by molar-refractivity contribution is 0.0489. The normalized spacial score (nSPS) is 11.1. The number of benzene rings is 4. The van der Waals surface area contributed by atoms with Crippen LogP contribution in [0.4, 0.5) is 0 Å². The molecule has 0 saturated carbocycles. The summed E-state index contributed by atoms with van der Waals surface area (Å²) >= 11 is 0. The highest BCUT2D eigenvalue weighted by Crippen LogP contribution is 2.38. The van der Waals surface area contributed by atoms with Gasteiger partial charge in [-0.1, -0.05) is 48.0 Å². The van der Waals surface area contributed by atoms with Crippen molar-refractivity contribution in [2.45, 2.75) is 26.3 Å². The van der Waals surface area contributed by atoms with Gasteiger partial charge in [0.1, 0.15) is 17.3 Å². The Hall–Kier alpha value is -4.76. The molecule has 0 aliphatic heterocycles. The SMILES string of the molecule is COc1ccc(-c2nc(-c3cccc(C)c3)n(Cc3ccc(C(=O)CCCOCCOCCN)cc3)c2-c2ccc(OC)cc2)cc1. The molecule has 0 unspecified atom stereocenters. The van der Waals surface area contributed by atoms with E-state index in [-0.39, 0.29) is 5.78 Å². The smallest absolute Gasteiger partial charge is 0.162 e. The van der Waals surface area contributed by atoms with Crippen LogP contribution in [-0.4, -0.2) is 62.5 Å². The van der Waals surface area contributed by atoms with E-state index in [1.807, 2.05) is 60.7 Å². The molecule has 0 amide bonds. The van der Waals surface area contributed by atoms with Crippen molar-refractivity contribution in [3.05, 3.63) is 114 Å². The first-order valence-corrected chi connectivity index (χ1v) is 15.9. The van der Waals surface area contributed by atoms with Crippen LogP contribution in [0.3, 0.4) is 0 Å². The molecule has 0 radical (unpaired) electrons. The van der Waals surface area contributed by atoms with Gasteiger partial charge in [0.25, 0.3) is 0 Å². The summed E-state index contributed by atoms with van der Waals surface area (Å²) in [6.45, 7) is 5.20. The minimum absolute atomic E-state index is 0.100. The number of carbonyl (C=O) groups is 1. The van der Waals surface area contributed by atoms with Crippen LogP contribution in [0.1, 0.15) is 34.3 Å². The van der Waals surface area contributed by atoms with E-state index in [0.29, 0.717) is 57.9 Å². The van der Waals surface area contributed by atoms with Gasteiger partial charge in [0, 0.05) is 48.4 Å². The summed E-state index contributed by atoms with van der Waals surface area (Å²) < 4.78 is 24.0. The van der Waals surface area contributed by atoms with Crippen molar-refractivity contribution in [2.24, 2.45) is 5.73 Å². The quantitative estimate of drug-likeness (QED) is 0.0854. The van der Waals surface area contributed by atoms with Crippen molar-refractivity contribution in [1.82, 2.24) is 9.55 Å². The van der Waals surface area contributed by atoms with Crippen molar-refractivity contribution in [1.29, 1.82) is 0 Å². The zero-order chi connectivity index (χ0) is 33.0. The van der Waals surface area contributed by atoms with E-state index >= 15 is 0 Å². The summed E-state index contributed by atoms with van der Waals surface area (Å²) in [5.74, 6) is 2.53. The third kappa shape index (κ3) is 8.74. The number of Topliss-reactive ketones (excluding diaryl/α,β-unsaturated/α-hetero) is 1. The second-order valence-corrected chi connectivity index (χ2v) is 11.3. The maximum atomic E-state index is 12.9. The molecule has 2 N–H and O–H groups in total. The zero-order valence-corrected chi connectivity index (χ0v) is 27.4. The lowest BCUT2D eigenvalue weighted by atomic mass is 10.0. The van der Waals surface area contributed by atoms with E-state index in [2.05, 4.69) is 47.9 Å². The van der Waals surface area contributed by atoms with Crippen LogP contribution in [0.2, 0.25) is 0 Å². The van der Waals surface area contributed by atoms with Crippen LogP contribution in [0.25, 0.3) is 33.9 Å².